The molecule has 9 heteroatoms. The molecule has 2 aliphatic rings. The fraction of sp³-hybridized carbons (Fsp3) is 0.609. The molecule has 0 radical (unpaired) electrons. The molecule has 8 nitrogen and oxygen atoms in total. The van der Waals surface area contributed by atoms with Crippen LogP contribution in [0.1, 0.15) is 43.0 Å². The number of thioether (sulfide) groups is 1. The minimum atomic E-state index is -0.980. The summed E-state index contributed by atoms with van der Waals surface area (Å²) in [5.41, 5.74) is 0.873. The normalized spacial score (nSPS) is 21.1. The Morgan fingerprint density at radius 1 is 1.31 bits per heavy atom. The van der Waals surface area contributed by atoms with Crippen LogP contribution in [0.2, 0.25) is 0 Å². The molecule has 0 aromatic heterocycles. The number of hydrogen-bond donors (Lipinski definition) is 2. The van der Waals surface area contributed by atoms with Gasteiger partial charge in [0, 0.05) is 51.3 Å². The largest absolute Gasteiger partial charge is 0.480 e. The van der Waals surface area contributed by atoms with Crippen LogP contribution in [0, 0.1) is 0 Å². The molecule has 2 saturated heterocycles. The van der Waals surface area contributed by atoms with Crippen LogP contribution in [0.4, 0.5) is 5.69 Å². The maximum atomic E-state index is 13.2. The number of amides is 2. The van der Waals surface area contributed by atoms with E-state index in [9.17, 15) is 19.5 Å². The van der Waals surface area contributed by atoms with Gasteiger partial charge in [-0.05, 0) is 43.0 Å². The van der Waals surface area contributed by atoms with Crippen LogP contribution in [0.15, 0.2) is 24.3 Å². The number of nitrogens with zero attached hydrogens (tertiary/aromatic N) is 3. The third-order valence-corrected chi connectivity index (χ3v) is 7.16. The third kappa shape index (κ3) is 4.73. The number of nitrogens with one attached hydrogen (secondary N) is 1. The topological polar surface area (TPSA) is 93.2 Å². The smallest absolute Gasteiger partial charge is 0.326 e. The second-order valence-corrected chi connectivity index (χ2v) is 9.70. The van der Waals surface area contributed by atoms with E-state index in [4.69, 9.17) is 0 Å². The van der Waals surface area contributed by atoms with Gasteiger partial charge in [-0.15, -0.1) is 0 Å². The molecule has 2 atom stereocenters. The summed E-state index contributed by atoms with van der Waals surface area (Å²) in [4.78, 5) is 43.7. The summed E-state index contributed by atoms with van der Waals surface area (Å²) >= 11 is 1.67. The van der Waals surface area contributed by atoms with Crippen LogP contribution in [-0.2, 0) is 9.59 Å². The van der Waals surface area contributed by atoms with Crippen molar-refractivity contribution in [3.05, 3.63) is 29.8 Å². The second-order valence-electron chi connectivity index (χ2n) is 8.72. The number of anilines is 1. The van der Waals surface area contributed by atoms with Gasteiger partial charge >= 0.3 is 5.97 Å². The van der Waals surface area contributed by atoms with Crippen LogP contribution in [0.25, 0.3) is 0 Å². The van der Waals surface area contributed by atoms with Crippen molar-refractivity contribution in [2.45, 2.75) is 50.4 Å². The van der Waals surface area contributed by atoms with Crippen LogP contribution in [0.3, 0.4) is 0 Å². The highest BCUT2D eigenvalue weighted by atomic mass is 32.2. The minimum absolute atomic E-state index is 0.0383. The monoisotopic (exact) mass is 462 g/mol. The fourth-order valence-electron chi connectivity index (χ4n) is 4.75. The number of carbonyl (C=O) groups excluding carboxylic acids is 2. The van der Waals surface area contributed by atoms with E-state index in [-0.39, 0.29) is 17.9 Å². The molecule has 2 fully saturated rings. The van der Waals surface area contributed by atoms with Gasteiger partial charge in [-0.1, -0.05) is 13.0 Å². The van der Waals surface area contributed by atoms with Gasteiger partial charge in [-0.3, -0.25) is 14.9 Å². The average molecular weight is 463 g/mol. The Labute approximate surface area is 194 Å². The number of aliphatic carboxylic acids is 1. The molecule has 2 amide bonds. The number of carbonyl (C=O) groups is 3. The summed E-state index contributed by atoms with van der Waals surface area (Å²) < 4.78 is 0. The molecule has 1 aromatic rings. The molecule has 3 rings (SSSR count). The van der Waals surface area contributed by atoms with Gasteiger partial charge in [0.25, 0.3) is 5.91 Å². The van der Waals surface area contributed by atoms with Crippen LogP contribution >= 0.6 is 11.8 Å². The second kappa shape index (κ2) is 10.1. The summed E-state index contributed by atoms with van der Waals surface area (Å²) in [7, 11) is 3.87. The van der Waals surface area contributed by atoms with Crippen molar-refractivity contribution in [3.63, 3.8) is 0 Å². The molecular formula is C23H34N4O4S. The lowest BCUT2D eigenvalue weighted by molar-refractivity contribution is -0.154. The lowest BCUT2D eigenvalue weighted by Gasteiger charge is -2.46. The highest BCUT2D eigenvalue weighted by Gasteiger charge is 2.55. The molecule has 0 aliphatic carbocycles. The Morgan fingerprint density at radius 3 is 2.56 bits per heavy atom. The van der Waals surface area contributed by atoms with Crippen molar-refractivity contribution in [1.82, 2.24) is 15.1 Å². The molecule has 2 aliphatic heterocycles. The highest BCUT2D eigenvalue weighted by Crippen LogP contribution is 2.36. The molecule has 1 spiro atoms. The van der Waals surface area contributed by atoms with Crippen LogP contribution < -0.4 is 10.2 Å². The Bertz CT molecular complexity index is 854. The number of carboxylic acid groups (broad SMARTS) is 1. The molecule has 176 valence electrons. The molecule has 1 aromatic carbocycles. The zero-order valence-corrected chi connectivity index (χ0v) is 20.2. The Balaban J connectivity index is 1.79. The van der Waals surface area contributed by atoms with E-state index in [1.807, 2.05) is 49.5 Å². The Hall–Kier alpha value is -2.26. The van der Waals surface area contributed by atoms with Gasteiger partial charge in [0.1, 0.15) is 6.04 Å². The first-order chi connectivity index (χ1) is 15.2. The van der Waals surface area contributed by atoms with E-state index in [2.05, 4.69) is 5.32 Å². The van der Waals surface area contributed by atoms with Gasteiger partial charge in [0.05, 0.1) is 11.7 Å². The number of carboxylic acids is 1. The van der Waals surface area contributed by atoms with Crippen molar-refractivity contribution in [2.24, 2.45) is 0 Å². The van der Waals surface area contributed by atoms with E-state index in [0.29, 0.717) is 44.3 Å². The highest BCUT2D eigenvalue weighted by molar-refractivity contribution is 7.98. The van der Waals surface area contributed by atoms with Gasteiger partial charge < -0.3 is 19.8 Å². The van der Waals surface area contributed by atoms with Gasteiger partial charge in [-0.2, -0.15) is 11.8 Å². The molecule has 0 saturated carbocycles. The predicted octanol–water partition coefficient (Wildman–Crippen LogP) is 2.10. The van der Waals surface area contributed by atoms with E-state index < -0.39 is 17.7 Å². The molecular weight excluding hydrogens is 428 g/mol. The molecule has 2 unspecified atom stereocenters. The lowest BCUT2D eigenvalue weighted by Crippen LogP contribution is -2.63. The molecule has 2 N–H and O–H groups in total. The first kappa shape index (κ1) is 24.4. The van der Waals surface area contributed by atoms with E-state index in [0.717, 1.165) is 11.4 Å². The lowest BCUT2D eigenvalue weighted by atomic mass is 9.93. The van der Waals surface area contributed by atoms with Gasteiger partial charge in [0.2, 0.25) is 5.91 Å². The van der Waals surface area contributed by atoms with Crippen molar-refractivity contribution in [1.29, 1.82) is 0 Å². The number of likely N-dealkylation sites (tertiary alicyclic amines) is 1. The molecule has 0 bridgehead atoms. The van der Waals surface area contributed by atoms with Crippen molar-refractivity contribution in [2.75, 3.05) is 44.1 Å². The average Bonchev–Trinajstić information content (AvgIpc) is 3.04. The summed E-state index contributed by atoms with van der Waals surface area (Å²) in [6.45, 7) is 2.73. The first-order valence-electron chi connectivity index (χ1n) is 11.1. The number of benzene rings is 1. The summed E-state index contributed by atoms with van der Waals surface area (Å²) in [6.07, 6.45) is 4.03. The Morgan fingerprint density at radius 2 is 2.00 bits per heavy atom. The SMILES string of the molecule is CCC(C(=O)O)N1C(=O)C(CCSC)NC12CCN(C(=O)c1cccc(N(C)C)c1)CC2. The predicted molar refractivity (Wildman–Crippen MR) is 127 cm³/mol. The van der Waals surface area contributed by atoms with Crippen LogP contribution in [0.5, 0.6) is 0 Å². The van der Waals surface area contributed by atoms with Crippen molar-refractivity contribution < 1.29 is 19.5 Å². The maximum absolute atomic E-state index is 13.2. The van der Waals surface area contributed by atoms with Crippen molar-refractivity contribution >= 4 is 35.2 Å². The quantitative estimate of drug-likeness (QED) is 0.611. The summed E-state index contributed by atoms with van der Waals surface area (Å²) in [5.74, 6) is -0.328. The minimum Gasteiger partial charge on any atom is -0.480 e. The summed E-state index contributed by atoms with van der Waals surface area (Å²) in [5, 5.41) is 13.3. The van der Waals surface area contributed by atoms with E-state index in [1.165, 1.54) is 0 Å². The zero-order valence-electron chi connectivity index (χ0n) is 19.3. The van der Waals surface area contributed by atoms with Crippen LogP contribution in [-0.4, -0.2) is 89.6 Å². The van der Waals surface area contributed by atoms with Crippen molar-refractivity contribution in [3.8, 4) is 0 Å². The Kier molecular flexibility index (Phi) is 7.71. The standard InChI is InChI=1S/C23H34N4O4S/c1-5-19(22(30)31)27-21(29)18(9-14-32-4)24-23(27)10-12-26(13-11-23)20(28)16-7-6-8-17(15-16)25(2)3/h6-8,15,18-19,24H,5,9-14H2,1-4H3,(H,30,31). The van der Waals surface area contributed by atoms with Gasteiger partial charge in [0.15, 0.2) is 0 Å². The summed E-state index contributed by atoms with van der Waals surface area (Å²) in [6, 6.07) is 6.29. The van der Waals surface area contributed by atoms with E-state index >= 15 is 0 Å². The number of rotatable bonds is 8. The number of piperidine rings is 1. The first-order valence-corrected chi connectivity index (χ1v) is 12.5. The maximum Gasteiger partial charge on any atom is 0.326 e. The van der Waals surface area contributed by atoms with Gasteiger partial charge in [-0.25, -0.2) is 4.79 Å². The molecule has 32 heavy (non-hydrogen) atoms. The third-order valence-electron chi connectivity index (χ3n) is 6.52. The molecule has 2 heterocycles. The number of hydrogen-bond acceptors (Lipinski definition) is 6. The van der Waals surface area contributed by atoms with E-state index in [1.54, 1.807) is 28.5 Å². The zero-order chi connectivity index (χ0) is 23.5. The fourth-order valence-corrected chi connectivity index (χ4v) is 5.22.